The Morgan fingerprint density at radius 2 is 1.79 bits per heavy atom. The van der Waals surface area contributed by atoms with Gasteiger partial charge in [0.25, 0.3) is 0 Å². The fraction of sp³-hybridized carbons (Fsp3) is 0.917. The predicted octanol–water partition coefficient (Wildman–Crippen LogP) is 2.23. The largest absolute Gasteiger partial charge is 0.300 e. The molecule has 2 fully saturated rings. The smallest absolute Gasteiger partial charge is 0.135 e. The van der Waals surface area contributed by atoms with Crippen LogP contribution in [0.2, 0.25) is 0 Å². The zero-order valence-electron chi connectivity index (χ0n) is 9.17. The van der Waals surface area contributed by atoms with Crippen LogP contribution in [-0.4, -0.2) is 29.8 Å². The van der Waals surface area contributed by atoms with Crippen molar-refractivity contribution >= 4 is 5.78 Å². The zero-order valence-corrected chi connectivity index (χ0v) is 9.17. The van der Waals surface area contributed by atoms with E-state index >= 15 is 0 Å². The van der Waals surface area contributed by atoms with Gasteiger partial charge >= 0.3 is 0 Å². The molecule has 1 heterocycles. The third-order valence-electron chi connectivity index (χ3n) is 3.89. The zero-order chi connectivity index (χ0) is 9.97. The van der Waals surface area contributed by atoms with E-state index in [-0.39, 0.29) is 0 Å². The Hall–Kier alpha value is -0.370. The molecular weight excluding hydrogens is 174 g/mol. The first-order valence-electron chi connectivity index (χ1n) is 6.03. The Kier molecular flexibility index (Phi) is 3.22. The van der Waals surface area contributed by atoms with Crippen LogP contribution in [0.4, 0.5) is 0 Å². The van der Waals surface area contributed by atoms with Crippen LogP contribution in [0.5, 0.6) is 0 Å². The normalized spacial score (nSPS) is 35.9. The summed E-state index contributed by atoms with van der Waals surface area (Å²) in [6.07, 6.45) is 7.13. The molecule has 0 unspecified atom stereocenters. The molecule has 0 aromatic heterocycles. The van der Waals surface area contributed by atoms with Gasteiger partial charge in [0.2, 0.25) is 0 Å². The second-order valence-corrected chi connectivity index (χ2v) is 4.90. The van der Waals surface area contributed by atoms with Gasteiger partial charge in [-0.3, -0.25) is 9.69 Å². The Morgan fingerprint density at radius 3 is 2.43 bits per heavy atom. The van der Waals surface area contributed by atoms with E-state index in [1.54, 1.807) is 0 Å². The van der Waals surface area contributed by atoms with Gasteiger partial charge in [-0.25, -0.2) is 0 Å². The minimum Gasteiger partial charge on any atom is -0.300 e. The second-order valence-electron chi connectivity index (χ2n) is 4.90. The first-order chi connectivity index (χ1) is 6.77. The topological polar surface area (TPSA) is 20.3 Å². The van der Waals surface area contributed by atoms with Gasteiger partial charge in [0.1, 0.15) is 5.78 Å². The maximum absolute atomic E-state index is 11.1. The summed E-state index contributed by atoms with van der Waals surface area (Å²) in [5.74, 6) is 1.31. The first-order valence-corrected chi connectivity index (χ1v) is 6.03. The highest BCUT2D eigenvalue weighted by atomic mass is 16.1. The highest BCUT2D eigenvalue weighted by Crippen LogP contribution is 2.29. The lowest BCUT2D eigenvalue weighted by Gasteiger charge is -2.40. The summed E-state index contributed by atoms with van der Waals surface area (Å²) in [7, 11) is 0. The van der Waals surface area contributed by atoms with E-state index in [0.29, 0.717) is 5.78 Å². The van der Waals surface area contributed by atoms with Crippen molar-refractivity contribution in [3.8, 4) is 0 Å². The summed E-state index contributed by atoms with van der Waals surface area (Å²) in [5.41, 5.74) is 0. The first kappa shape index (κ1) is 10.2. The number of hydrogen-bond acceptors (Lipinski definition) is 2. The number of carbonyl (C=O) groups excluding carboxylic acids is 1. The molecule has 14 heavy (non-hydrogen) atoms. The molecule has 2 atom stereocenters. The van der Waals surface area contributed by atoms with Gasteiger partial charge in [0.05, 0.1) is 0 Å². The molecular formula is C12H21NO. The molecule has 1 saturated heterocycles. The van der Waals surface area contributed by atoms with Crippen LogP contribution >= 0.6 is 0 Å². The molecule has 2 heteroatoms. The minimum atomic E-state index is 0.463. The van der Waals surface area contributed by atoms with Gasteiger partial charge in [-0.15, -0.1) is 0 Å². The monoisotopic (exact) mass is 195 g/mol. The summed E-state index contributed by atoms with van der Waals surface area (Å²) < 4.78 is 0. The number of likely N-dealkylation sites (tertiary alicyclic amines) is 1. The van der Waals surface area contributed by atoms with Crippen molar-refractivity contribution in [3.05, 3.63) is 0 Å². The number of rotatable bonds is 1. The third-order valence-corrected chi connectivity index (χ3v) is 3.89. The molecule has 0 spiro atoms. The molecule has 0 bridgehead atoms. The molecule has 2 nitrogen and oxygen atoms in total. The number of Topliss-reactive ketones (excluding diaryl/α,β-unsaturated/α-hetero) is 1. The molecule has 0 aromatic carbocycles. The van der Waals surface area contributed by atoms with Crippen LogP contribution < -0.4 is 0 Å². The van der Waals surface area contributed by atoms with Crippen molar-refractivity contribution in [1.82, 2.24) is 4.90 Å². The predicted molar refractivity (Wildman–Crippen MR) is 57.2 cm³/mol. The van der Waals surface area contributed by atoms with Crippen LogP contribution in [0.25, 0.3) is 0 Å². The average molecular weight is 195 g/mol. The average Bonchev–Trinajstić information content (AvgIpc) is 2.20. The molecule has 0 radical (unpaired) electrons. The molecule has 80 valence electrons. The fourth-order valence-electron chi connectivity index (χ4n) is 2.94. The summed E-state index contributed by atoms with van der Waals surface area (Å²) in [4.78, 5) is 13.7. The van der Waals surface area contributed by atoms with E-state index in [1.807, 2.05) is 0 Å². The molecule has 0 amide bonds. The van der Waals surface area contributed by atoms with Crippen molar-refractivity contribution in [1.29, 1.82) is 0 Å². The Labute approximate surface area is 86.7 Å². The number of nitrogens with zero attached hydrogens (tertiary/aromatic N) is 1. The summed E-state index contributed by atoms with van der Waals surface area (Å²) >= 11 is 0. The fourth-order valence-corrected chi connectivity index (χ4v) is 2.94. The quantitative estimate of drug-likeness (QED) is 0.639. The molecule has 2 aliphatic rings. The molecule has 1 aliphatic carbocycles. The van der Waals surface area contributed by atoms with E-state index < -0.39 is 0 Å². The number of piperidine rings is 1. The van der Waals surface area contributed by atoms with Crippen LogP contribution in [-0.2, 0) is 4.79 Å². The van der Waals surface area contributed by atoms with Gasteiger partial charge in [-0.05, 0) is 18.8 Å². The molecule has 0 N–H and O–H groups in total. The van der Waals surface area contributed by atoms with Crippen molar-refractivity contribution in [3.63, 3.8) is 0 Å². The van der Waals surface area contributed by atoms with Crippen LogP contribution in [0.15, 0.2) is 0 Å². The van der Waals surface area contributed by atoms with Gasteiger partial charge in [-0.2, -0.15) is 0 Å². The Bertz CT molecular complexity index is 204. The van der Waals surface area contributed by atoms with Crippen molar-refractivity contribution in [2.24, 2.45) is 5.92 Å². The Morgan fingerprint density at radius 1 is 1.14 bits per heavy atom. The number of ketones is 1. The lowest BCUT2D eigenvalue weighted by atomic mass is 9.84. The standard InChI is InChI=1S/C12H21NO/c1-10-4-2-3-5-12(10)13-8-6-11(14)7-9-13/h10,12H,2-9H2,1H3/t10-,12-/m1/s1. The molecule has 1 saturated carbocycles. The minimum absolute atomic E-state index is 0.463. The summed E-state index contributed by atoms with van der Waals surface area (Å²) in [6.45, 7) is 4.42. The lowest BCUT2D eigenvalue weighted by Crippen LogP contribution is -2.45. The van der Waals surface area contributed by atoms with E-state index in [1.165, 1.54) is 25.7 Å². The molecule has 2 rings (SSSR count). The third kappa shape index (κ3) is 2.17. The van der Waals surface area contributed by atoms with Crippen molar-refractivity contribution in [2.45, 2.75) is 51.5 Å². The van der Waals surface area contributed by atoms with Gasteiger partial charge in [0.15, 0.2) is 0 Å². The maximum atomic E-state index is 11.1. The van der Waals surface area contributed by atoms with Crippen molar-refractivity contribution in [2.75, 3.05) is 13.1 Å². The van der Waals surface area contributed by atoms with E-state index in [9.17, 15) is 4.79 Å². The molecule has 1 aliphatic heterocycles. The maximum Gasteiger partial charge on any atom is 0.135 e. The van der Waals surface area contributed by atoms with E-state index in [2.05, 4.69) is 11.8 Å². The van der Waals surface area contributed by atoms with Crippen LogP contribution in [0.1, 0.15) is 45.4 Å². The second kappa shape index (κ2) is 4.43. The highest BCUT2D eigenvalue weighted by molar-refractivity contribution is 5.79. The number of hydrogen-bond donors (Lipinski definition) is 0. The summed E-state index contributed by atoms with van der Waals surface area (Å²) in [6, 6.07) is 0.775. The number of carbonyl (C=O) groups is 1. The van der Waals surface area contributed by atoms with Crippen LogP contribution in [0.3, 0.4) is 0 Å². The van der Waals surface area contributed by atoms with Crippen molar-refractivity contribution < 1.29 is 4.79 Å². The van der Waals surface area contributed by atoms with Gasteiger partial charge in [-0.1, -0.05) is 19.8 Å². The molecule has 0 aromatic rings. The highest BCUT2D eigenvalue weighted by Gasteiger charge is 2.29. The van der Waals surface area contributed by atoms with E-state index in [4.69, 9.17) is 0 Å². The van der Waals surface area contributed by atoms with Crippen LogP contribution in [0, 0.1) is 5.92 Å². The lowest BCUT2D eigenvalue weighted by molar-refractivity contribution is -0.122. The summed E-state index contributed by atoms with van der Waals surface area (Å²) in [5, 5.41) is 0. The van der Waals surface area contributed by atoms with E-state index in [0.717, 1.165) is 37.9 Å². The van der Waals surface area contributed by atoms with Gasteiger partial charge < -0.3 is 0 Å². The Balaban J connectivity index is 1.90. The van der Waals surface area contributed by atoms with Gasteiger partial charge in [0, 0.05) is 32.0 Å². The SMILES string of the molecule is C[C@@H]1CCCC[C@H]1N1CCC(=O)CC1.